The maximum Gasteiger partial charge on any atom is 0.416 e. The number of nitrogens with one attached hydrogen (secondary N) is 6. The number of carbonyl (C=O) groups excluding carboxylic acids is 3. The van der Waals surface area contributed by atoms with E-state index in [2.05, 4.69) is 81.5 Å². The maximum atomic E-state index is 12.6. The predicted molar refractivity (Wildman–Crippen MR) is 463 cm³/mol. The highest BCUT2D eigenvalue weighted by Gasteiger charge is 2.35. The van der Waals surface area contributed by atoms with Crippen molar-refractivity contribution in [3.05, 3.63) is 276 Å². The number of nitrogen functional groups attached to an aromatic ring is 1. The van der Waals surface area contributed by atoms with Crippen LogP contribution in [-0.4, -0.2) is 199 Å². The van der Waals surface area contributed by atoms with E-state index in [-0.39, 0.29) is 110 Å². The summed E-state index contributed by atoms with van der Waals surface area (Å²) in [6, 6.07) is 34.8. The van der Waals surface area contributed by atoms with Gasteiger partial charge < -0.3 is 122 Å². The number of aromatic nitrogens is 9. The minimum absolute atomic E-state index is 0.0186. The van der Waals surface area contributed by atoms with E-state index in [0.717, 1.165) is 60.7 Å². The highest BCUT2D eigenvalue weighted by molar-refractivity contribution is 5.93. The van der Waals surface area contributed by atoms with Gasteiger partial charge in [-0.3, -0.25) is 9.59 Å². The summed E-state index contributed by atoms with van der Waals surface area (Å²) >= 11 is 0. The van der Waals surface area contributed by atoms with Crippen LogP contribution in [0.25, 0.3) is 56.6 Å². The zero-order chi connectivity index (χ0) is 102. The molecule has 0 unspecified atom stereocenters. The number of aromatic carboxylic acids is 1. The number of nitrogens with two attached hydrogens (primary N) is 3. The Bertz CT molecular complexity index is 5960. The average Bonchev–Trinajstić information content (AvgIpc) is 1.74. The Morgan fingerprint density at radius 2 is 0.554 bits per heavy atom. The minimum Gasteiger partial charge on any atom is -0.477 e. The second-order valence-electron chi connectivity index (χ2n) is 27.8. The van der Waals surface area contributed by atoms with Crippen LogP contribution in [0.4, 0.5) is 119 Å². The average molecular weight is 1970 g/mol. The molecule has 0 radical (unpaired) electrons. The molecule has 9 heterocycles. The normalized spacial score (nSPS) is 12.1. The summed E-state index contributed by atoms with van der Waals surface area (Å²) in [6.45, 7) is -1.37. The molecule has 139 heavy (non-hydrogen) atoms. The number of aliphatic hydroxyl groups is 8. The molecule has 52 heteroatoms. The van der Waals surface area contributed by atoms with E-state index in [4.69, 9.17) is 75.0 Å². The summed E-state index contributed by atoms with van der Waals surface area (Å²) in [4.78, 5) is 81.1. The molecule has 0 fully saturated rings. The largest absolute Gasteiger partial charge is 0.477 e. The Labute approximate surface area is 773 Å². The van der Waals surface area contributed by atoms with Crippen LogP contribution in [0.1, 0.15) is 69.8 Å². The summed E-state index contributed by atoms with van der Waals surface area (Å²) in [6.07, 6.45) is -13.3. The minimum atomic E-state index is -4.42. The molecule has 0 aliphatic carbocycles. The number of esters is 1. The van der Waals surface area contributed by atoms with E-state index < -0.39 is 120 Å². The van der Waals surface area contributed by atoms with Gasteiger partial charge in [-0.25, -0.2) is 54.4 Å². The number of amides is 2. The molecule has 0 saturated heterocycles. The van der Waals surface area contributed by atoms with Crippen molar-refractivity contribution in [2.75, 3.05) is 86.7 Å². The summed E-state index contributed by atoms with van der Waals surface area (Å²) in [7, 11) is 1.26. The first-order valence-electron chi connectivity index (χ1n) is 39.6. The van der Waals surface area contributed by atoms with Crippen molar-refractivity contribution < 1.29 is 158 Å². The Hall–Kier alpha value is -15.8. The Morgan fingerprint density at radius 3 is 0.741 bits per heavy atom. The van der Waals surface area contributed by atoms with Gasteiger partial charge in [-0.05, 0) is 109 Å². The lowest BCUT2D eigenvalue weighted by atomic mass is 10.1. The number of carbonyl (C=O) groups is 4. The van der Waals surface area contributed by atoms with Gasteiger partial charge in [0.25, 0.3) is 41.9 Å². The monoisotopic (exact) mass is 1970 g/mol. The molecule has 4 atom stereocenters. The van der Waals surface area contributed by atoms with Gasteiger partial charge in [0.2, 0.25) is 0 Å². The van der Waals surface area contributed by atoms with E-state index in [0.29, 0.717) is 62.1 Å². The number of pyridine rings is 4. The molecule has 0 aliphatic rings. The number of hydrogen-bond acceptors (Lipinski definition) is 34. The molecule has 0 bridgehead atoms. The fourth-order valence-corrected chi connectivity index (χ4v) is 10.3. The third-order valence-corrected chi connectivity index (χ3v) is 17.6. The smallest absolute Gasteiger partial charge is 0.416 e. The lowest BCUT2D eigenvalue weighted by Crippen LogP contribution is -2.34. The molecule has 9 aromatic heterocycles. The van der Waals surface area contributed by atoms with Gasteiger partial charge in [0.1, 0.15) is 22.8 Å². The molecular formula is C87H81F15N18O19. The summed E-state index contributed by atoms with van der Waals surface area (Å²) in [5.41, 5.74) is 15.7. The fourth-order valence-electron chi connectivity index (χ4n) is 10.3. The van der Waals surface area contributed by atoms with Gasteiger partial charge in [-0.2, -0.15) is 65.9 Å². The van der Waals surface area contributed by atoms with Crippen LogP contribution < -0.4 is 49.1 Å². The zero-order valence-electron chi connectivity index (χ0n) is 71.4. The van der Waals surface area contributed by atoms with Crippen LogP contribution >= 0.6 is 0 Å². The molecule has 2 amide bonds. The summed E-state index contributed by atoms with van der Waals surface area (Å²) < 4.78 is 220. The number of oxazole rings is 5. The van der Waals surface area contributed by atoms with Crippen molar-refractivity contribution in [3.63, 3.8) is 0 Å². The number of anilines is 9. The molecule has 5 aromatic carbocycles. The van der Waals surface area contributed by atoms with Gasteiger partial charge in [0, 0.05) is 54.0 Å². The van der Waals surface area contributed by atoms with Gasteiger partial charge >= 0.3 is 42.8 Å². The summed E-state index contributed by atoms with van der Waals surface area (Å²) in [5.74, 6) is -1.26. The highest BCUT2D eigenvalue weighted by Crippen LogP contribution is 2.38. The number of aliphatic hydroxyl groups excluding tert-OH is 8. The zero-order valence-corrected chi connectivity index (χ0v) is 71.4. The molecule has 0 saturated carbocycles. The Kier molecular flexibility index (Phi) is 39.6. The van der Waals surface area contributed by atoms with Crippen LogP contribution in [0, 0.1) is 0 Å². The summed E-state index contributed by atoms with van der Waals surface area (Å²) in [5, 5.41) is 93.4. The van der Waals surface area contributed by atoms with Gasteiger partial charge in [0.15, 0.2) is 28.8 Å². The first-order valence-corrected chi connectivity index (χ1v) is 39.6. The second kappa shape index (κ2) is 50.7. The van der Waals surface area contributed by atoms with Crippen molar-refractivity contribution in [2.24, 2.45) is 11.5 Å². The van der Waals surface area contributed by atoms with Crippen molar-refractivity contribution in [3.8, 4) is 56.6 Å². The number of ether oxygens (including phenoxy) is 1. The molecule has 14 aromatic rings. The molecule has 14 rings (SSSR count). The number of hydrogen-bond donors (Lipinski definition) is 18. The molecule has 738 valence electrons. The fraction of sp³-hybridized carbons (Fsp3) is 0.207. The van der Waals surface area contributed by atoms with E-state index in [9.17, 15) is 95.2 Å². The highest BCUT2D eigenvalue weighted by atomic mass is 19.4. The molecule has 0 aliphatic heterocycles. The van der Waals surface area contributed by atoms with E-state index >= 15 is 0 Å². The van der Waals surface area contributed by atoms with Crippen LogP contribution in [0.2, 0.25) is 0 Å². The second-order valence-corrected chi connectivity index (χ2v) is 27.8. The lowest BCUT2D eigenvalue weighted by Gasteiger charge is -2.09. The van der Waals surface area contributed by atoms with Crippen LogP contribution in [0.15, 0.2) is 248 Å². The number of carboxylic acid groups (broad SMARTS) is 1. The maximum absolute atomic E-state index is 12.6. The predicted octanol–water partition coefficient (Wildman–Crippen LogP) is 13.2. The van der Waals surface area contributed by atoms with Crippen LogP contribution in [0.5, 0.6) is 0 Å². The number of rotatable bonds is 27. The third-order valence-electron chi connectivity index (χ3n) is 17.6. The number of methoxy groups -OCH3 is 1. The molecule has 37 nitrogen and oxygen atoms in total. The van der Waals surface area contributed by atoms with Crippen molar-refractivity contribution in [1.29, 1.82) is 0 Å². The number of carboxylic acids is 1. The van der Waals surface area contributed by atoms with E-state index in [1.54, 1.807) is 18.2 Å². The number of halogens is 15. The topological polar surface area (TPSA) is 592 Å². The van der Waals surface area contributed by atoms with E-state index in [1.165, 1.54) is 154 Å². The Morgan fingerprint density at radius 1 is 0.324 bits per heavy atom. The first kappa shape index (κ1) is 109. The lowest BCUT2D eigenvalue weighted by molar-refractivity contribution is -0.138. The van der Waals surface area contributed by atoms with E-state index in [1.807, 2.05) is 0 Å². The molecular weight excluding hydrogens is 1890 g/mol. The van der Waals surface area contributed by atoms with Gasteiger partial charge in [0.05, 0.1) is 164 Å². The Balaban J connectivity index is 0.000000208. The standard InChI is InChI=1S/2C19H17F3N4O4.C17H12F3N3O3.C16H10F3N3O3.C10H7F3N2O.2C3H9NO2/c2*20-19(21,22)12-3-1-11(2-4-12)16-9-25-18(30-16)26-13-5-6-15(23-7-13)17(29)24-8-14(28)10-27;1-25-15(24)13-7-6-12(8-21-13)23-16-22-9-14(26-16)10-2-4-11(5-3-10)17(18,19)20;17-16(18,19)10-3-1-9(2-4-10)13-8-21-15(25-13)22-11-5-6-12(14(23)24)20-7-11;11-10(12,13)7-3-1-6(2-4-7)8-5-15-9(14)16-8;2*4-1-3(6)2-5/h2*1-7,9,14,27-28H,8,10H2,(H,24,29)(H,25,26);2-9H,1H3,(H,22,23);1-8H,(H,21,22)(H,23,24);1-5H,(H2,14,15);2*3,5-6H,1-2,4H2/t2*14-;;;;2*3-/m10...10/s1. The van der Waals surface area contributed by atoms with Crippen LogP contribution in [0.3, 0.4) is 0 Å². The SMILES string of the molecule is COC(=O)c1ccc(Nc2ncc(-c3ccc(C(F)(F)F)cc3)o2)cn1.NC[C@@H](O)CO.NC[C@H](O)CO.Nc1ncc(-c2ccc(C(F)(F)F)cc2)o1.O=C(NC[C@@H](O)CO)c1ccc(Nc2ncc(-c3ccc(C(F)(F)F)cc3)o2)cn1.O=C(NC[C@H](O)CO)c1ccc(Nc2ncc(-c3ccc(C(F)(F)F)cc3)o2)cn1.O=C(O)c1ccc(Nc2ncc(-c3ccc(C(F)(F)F)cc3)o2)cn1. The van der Waals surface area contributed by atoms with Crippen molar-refractivity contribution >= 4 is 76.6 Å². The van der Waals surface area contributed by atoms with Gasteiger partial charge in [-0.15, -0.1) is 0 Å². The molecule has 21 N–H and O–H groups in total. The number of alkyl halides is 15. The number of nitrogens with zero attached hydrogens (tertiary/aromatic N) is 9. The van der Waals surface area contributed by atoms with Crippen molar-refractivity contribution in [2.45, 2.75) is 55.3 Å². The quantitative estimate of drug-likeness (QED) is 0.0168. The van der Waals surface area contributed by atoms with Crippen molar-refractivity contribution in [1.82, 2.24) is 55.5 Å². The first-order chi connectivity index (χ1) is 65.8. The van der Waals surface area contributed by atoms with Crippen LogP contribution in [-0.2, 0) is 35.6 Å². The third kappa shape index (κ3) is 34.8. The number of benzene rings is 5. The molecule has 0 spiro atoms. The van der Waals surface area contributed by atoms with Gasteiger partial charge in [-0.1, -0.05) is 60.7 Å².